The largest absolute Gasteiger partial charge is 0.486 e. The number of ether oxygens (including phenoxy) is 2. The van der Waals surface area contributed by atoms with Gasteiger partial charge < -0.3 is 18.5 Å². The Morgan fingerprint density at radius 2 is 2.06 bits per heavy atom. The second kappa shape index (κ2) is 9.38. The number of pyridine rings is 2. The first kappa shape index (κ1) is 22.3. The first-order valence-electron chi connectivity index (χ1n) is 11.1. The summed E-state index contributed by atoms with van der Waals surface area (Å²) in [5.74, 6) is 1.39. The van der Waals surface area contributed by atoms with E-state index < -0.39 is 11.0 Å². The zero-order valence-corrected chi connectivity index (χ0v) is 19.7. The summed E-state index contributed by atoms with van der Waals surface area (Å²) >= 11 is 0. The fourth-order valence-electron chi connectivity index (χ4n) is 4.42. The quantitative estimate of drug-likeness (QED) is 0.540. The number of fused-ring (bicyclic) bond motifs is 1. The van der Waals surface area contributed by atoms with E-state index >= 15 is 0 Å². The van der Waals surface area contributed by atoms with Crippen molar-refractivity contribution in [3.63, 3.8) is 0 Å². The summed E-state index contributed by atoms with van der Waals surface area (Å²) in [4.78, 5) is 19.4. The highest BCUT2D eigenvalue weighted by Gasteiger charge is 2.24. The van der Waals surface area contributed by atoms with Crippen molar-refractivity contribution < 1.29 is 18.1 Å². The standard InChI is InChI=1S/C23H28N4O5S/c1-25-14-20(18-3-5-24-12-21(18)31-16-4-10-30-15-16)22-19(23(25)28)11-17(32-22)13-26-6-8-27(9-7-26)33(2)29/h3,5,11-12,14,16H,4,6-10,13,15H2,1-2H3. The second-order valence-corrected chi connectivity index (χ2v) is 9.88. The van der Waals surface area contributed by atoms with Crippen LogP contribution in [0.5, 0.6) is 5.75 Å². The molecule has 0 spiro atoms. The van der Waals surface area contributed by atoms with Gasteiger partial charge in [-0.2, -0.15) is 0 Å². The van der Waals surface area contributed by atoms with Crippen LogP contribution in [0.2, 0.25) is 0 Å². The van der Waals surface area contributed by atoms with Crippen molar-refractivity contribution in [3.8, 4) is 16.9 Å². The fourth-order valence-corrected chi connectivity index (χ4v) is 5.10. The molecular formula is C23H28N4O5S. The third-order valence-corrected chi connectivity index (χ3v) is 7.32. The average Bonchev–Trinajstić information content (AvgIpc) is 3.47. The number of aromatic nitrogens is 2. The van der Waals surface area contributed by atoms with Crippen LogP contribution < -0.4 is 10.3 Å². The Hall–Kier alpha value is -2.53. The predicted molar refractivity (Wildman–Crippen MR) is 125 cm³/mol. The summed E-state index contributed by atoms with van der Waals surface area (Å²) in [6.07, 6.45) is 7.74. The lowest BCUT2D eigenvalue weighted by molar-refractivity contribution is 0.141. The van der Waals surface area contributed by atoms with Crippen molar-refractivity contribution in [1.29, 1.82) is 0 Å². The van der Waals surface area contributed by atoms with Crippen LogP contribution in [-0.4, -0.2) is 74.7 Å². The second-order valence-electron chi connectivity index (χ2n) is 8.52. The van der Waals surface area contributed by atoms with E-state index in [1.807, 2.05) is 16.4 Å². The highest BCUT2D eigenvalue weighted by Crippen LogP contribution is 2.35. The molecule has 0 saturated carbocycles. The minimum Gasteiger partial charge on any atom is -0.486 e. The molecule has 2 saturated heterocycles. The maximum absolute atomic E-state index is 12.9. The molecule has 33 heavy (non-hydrogen) atoms. The third kappa shape index (κ3) is 4.61. The maximum atomic E-state index is 12.9. The summed E-state index contributed by atoms with van der Waals surface area (Å²) in [5.41, 5.74) is 2.08. The van der Waals surface area contributed by atoms with E-state index in [4.69, 9.17) is 13.9 Å². The number of furan rings is 1. The van der Waals surface area contributed by atoms with E-state index in [0.29, 0.717) is 36.5 Å². The number of nitrogens with zero attached hydrogens (tertiary/aromatic N) is 4. The average molecular weight is 473 g/mol. The molecule has 3 aromatic heterocycles. The molecule has 5 heterocycles. The zero-order chi connectivity index (χ0) is 22.9. The number of rotatable bonds is 6. The van der Waals surface area contributed by atoms with Gasteiger partial charge in [0.05, 0.1) is 42.3 Å². The van der Waals surface area contributed by atoms with Crippen molar-refractivity contribution in [2.75, 3.05) is 45.6 Å². The number of piperazine rings is 1. The van der Waals surface area contributed by atoms with Gasteiger partial charge >= 0.3 is 0 Å². The molecule has 0 aliphatic carbocycles. The minimum atomic E-state index is -0.946. The first-order chi connectivity index (χ1) is 16.0. The highest BCUT2D eigenvalue weighted by molar-refractivity contribution is 7.81. The van der Waals surface area contributed by atoms with E-state index in [2.05, 4.69) is 9.88 Å². The van der Waals surface area contributed by atoms with Crippen molar-refractivity contribution >= 4 is 22.0 Å². The molecule has 2 atom stereocenters. The summed E-state index contributed by atoms with van der Waals surface area (Å²) in [5, 5.41) is 0.547. The van der Waals surface area contributed by atoms with E-state index in [9.17, 15) is 9.00 Å². The molecule has 0 N–H and O–H groups in total. The smallest absolute Gasteiger partial charge is 0.261 e. The van der Waals surface area contributed by atoms with Crippen molar-refractivity contribution in [2.24, 2.45) is 7.05 Å². The summed E-state index contributed by atoms with van der Waals surface area (Å²) in [7, 11) is 0.799. The van der Waals surface area contributed by atoms with Gasteiger partial charge in [0.25, 0.3) is 5.56 Å². The van der Waals surface area contributed by atoms with Crippen molar-refractivity contribution in [2.45, 2.75) is 19.1 Å². The molecule has 5 rings (SSSR count). The Morgan fingerprint density at radius 3 is 2.79 bits per heavy atom. The van der Waals surface area contributed by atoms with Gasteiger partial charge in [0.15, 0.2) is 0 Å². The van der Waals surface area contributed by atoms with Gasteiger partial charge in [0.2, 0.25) is 0 Å². The van der Waals surface area contributed by atoms with E-state index in [0.717, 1.165) is 49.5 Å². The SMILES string of the molecule is Cn1cc(-c2ccncc2OC2CCOC2)c2oc(CN3CCN(S(C)=O)CC3)cc2c1=O. The third-order valence-electron chi connectivity index (χ3n) is 6.23. The molecule has 0 bridgehead atoms. The molecular weight excluding hydrogens is 444 g/mol. The van der Waals surface area contributed by atoms with Gasteiger partial charge in [-0.15, -0.1) is 0 Å². The molecule has 176 valence electrons. The highest BCUT2D eigenvalue weighted by atomic mass is 32.2. The van der Waals surface area contributed by atoms with Gasteiger partial charge in [-0.1, -0.05) is 0 Å². The Bertz CT molecular complexity index is 1230. The molecule has 0 radical (unpaired) electrons. The van der Waals surface area contributed by atoms with Gasteiger partial charge in [-0.3, -0.25) is 14.7 Å². The lowest BCUT2D eigenvalue weighted by Crippen LogP contribution is -2.46. The van der Waals surface area contributed by atoms with Crippen molar-refractivity contribution in [3.05, 3.63) is 46.8 Å². The molecule has 10 heteroatoms. The van der Waals surface area contributed by atoms with Crippen LogP contribution in [0.4, 0.5) is 0 Å². The maximum Gasteiger partial charge on any atom is 0.261 e. The van der Waals surface area contributed by atoms with Crippen molar-refractivity contribution in [1.82, 2.24) is 18.8 Å². The Labute approximate surface area is 194 Å². The van der Waals surface area contributed by atoms with Gasteiger partial charge in [0, 0.05) is 69.4 Å². The summed E-state index contributed by atoms with van der Waals surface area (Å²) < 4.78 is 33.1. The fraction of sp³-hybridized carbons (Fsp3) is 0.478. The minimum absolute atomic E-state index is 0.0146. The molecule has 0 aromatic carbocycles. The molecule has 0 amide bonds. The number of hydrogen-bond acceptors (Lipinski definition) is 7. The van der Waals surface area contributed by atoms with Crippen LogP contribution >= 0.6 is 0 Å². The molecule has 9 nitrogen and oxygen atoms in total. The van der Waals surface area contributed by atoms with Crippen LogP contribution in [-0.2, 0) is 29.3 Å². The Kier molecular flexibility index (Phi) is 6.33. The van der Waals surface area contributed by atoms with Crippen LogP contribution in [0, 0.1) is 0 Å². The topological polar surface area (TPSA) is 90.0 Å². The van der Waals surface area contributed by atoms with Gasteiger partial charge in [-0.25, -0.2) is 8.51 Å². The molecule has 2 unspecified atom stereocenters. The predicted octanol–water partition coefficient (Wildman–Crippen LogP) is 1.77. The number of aryl methyl sites for hydroxylation is 1. The van der Waals surface area contributed by atoms with Crippen LogP contribution in [0.1, 0.15) is 12.2 Å². The Morgan fingerprint density at radius 1 is 1.24 bits per heavy atom. The van der Waals surface area contributed by atoms with Crippen LogP contribution in [0.15, 0.2) is 39.9 Å². The van der Waals surface area contributed by atoms with E-state index in [1.54, 1.807) is 36.5 Å². The summed E-state index contributed by atoms with van der Waals surface area (Å²) in [6, 6.07) is 3.73. The molecule has 2 fully saturated rings. The Balaban J connectivity index is 1.47. The zero-order valence-electron chi connectivity index (χ0n) is 18.9. The normalized spacial score (nSPS) is 21.0. The summed E-state index contributed by atoms with van der Waals surface area (Å²) in [6.45, 7) is 4.94. The van der Waals surface area contributed by atoms with E-state index in [1.165, 1.54) is 0 Å². The number of hydrogen-bond donors (Lipinski definition) is 0. The van der Waals surface area contributed by atoms with Gasteiger partial charge in [-0.05, 0) is 12.1 Å². The monoisotopic (exact) mass is 472 g/mol. The van der Waals surface area contributed by atoms with Gasteiger partial charge in [0.1, 0.15) is 23.2 Å². The molecule has 3 aromatic rings. The van der Waals surface area contributed by atoms with Crippen LogP contribution in [0.25, 0.3) is 22.1 Å². The van der Waals surface area contributed by atoms with Crippen LogP contribution in [0.3, 0.4) is 0 Å². The lowest BCUT2D eigenvalue weighted by Gasteiger charge is -2.32. The molecule has 2 aliphatic heterocycles. The lowest BCUT2D eigenvalue weighted by atomic mass is 10.1. The first-order valence-corrected chi connectivity index (χ1v) is 12.6. The van der Waals surface area contributed by atoms with E-state index in [-0.39, 0.29) is 11.7 Å². The molecule has 2 aliphatic rings.